The lowest BCUT2D eigenvalue weighted by molar-refractivity contribution is 0.0827. The second-order valence-electron chi connectivity index (χ2n) is 10.2. The summed E-state index contributed by atoms with van der Waals surface area (Å²) in [6.45, 7) is 0. The molecule has 1 atom stereocenters. The molecule has 10 heteroatoms. The molecule has 198 valence electrons. The molecule has 1 amide bonds. The van der Waals surface area contributed by atoms with Crippen LogP contribution in [-0.4, -0.2) is 49.4 Å². The van der Waals surface area contributed by atoms with Crippen molar-refractivity contribution in [3.8, 4) is 11.4 Å². The predicted molar refractivity (Wildman–Crippen MR) is 156 cm³/mol. The van der Waals surface area contributed by atoms with Gasteiger partial charge in [-0.15, -0.1) is 0 Å². The summed E-state index contributed by atoms with van der Waals surface area (Å²) < 4.78 is 1.95. The average molecular weight is 531 g/mol. The van der Waals surface area contributed by atoms with Crippen LogP contribution in [0.3, 0.4) is 0 Å². The van der Waals surface area contributed by atoms with Crippen LogP contribution in [-0.2, 0) is 7.05 Å². The van der Waals surface area contributed by atoms with Gasteiger partial charge in [0.2, 0.25) is 0 Å². The first-order valence-corrected chi connectivity index (χ1v) is 12.9. The number of rotatable bonds is 4. The van der Waals surface area contributed by atoms with Gasteiger partial charge in [0, 0.05) is 43.3 Å². The van der Waals surface area contributed by atoms with E-state index in [-0.39, 0.29) is 17.8 Å². The standard InChI is InChI=1S/C30H26N8O2/c1-36(2)29(39)17-8-11-26-24(12-17)33-28(38(26)18-9-10-22-23(13-18)35-30(40)34-22)20-14-25(27-15-31-16-37(27)3)32-21-7-5-4-6-19(20)21/h4-16,28,33H,1-3H3,(H2,34,35,40). The number of benzene rings is 3. The second kappa shape index (κ2) is 8.84. The van der Waals surface area contributed by atoms with Crippen LogP contribution in [0.1, 0.15) is 22.1 Å². The number of carbonyl (C=O) groups excluding carboxylic acids is 1. The largest absolute Gasteiger partial charge is 0.359 e. The van der Waals surface area contributed by atoms with Gasteiger partial charge in [-0.05, 0) is 48.5 Å². The first kappa shape index (κ1) is 23.7. The molecule has 7 rings (SSSR count). The van der Waals surface area contributed by atoms with Gasteiger partial charge in [0.25, 0.3) is 5.91 Å². The van der Waals surface area contributed by atoms with Gasteiger partial charge in [-0.25, -0.2) is 14.8 Å². The molecule has 10 nitrogen and oxygen atoms in total. The molecule has 0 fully saturated rings. The van der Waals surface area contributed by atoms with Gasteiger partial charge in [0.1, 0.15) is 6.17 Å². The van der Waals surface area contributed by atoms with E-state index in [1.807, 2.05) is 72.4 Å². The van der Waals surface area contributed by atoms with Crippen LogP contribution >= 0.6 is 0 Å². The van der Waals surface area contributed by atoms with Crippen LogP contribution < -0.4 is 15.9 Å². The van der Waals surface area contributed by atoms with Gasteiger partial charge in [0.05, 0.1) is 51.8 Å². The number of aromatic amines is 2. The molecule has 1 aliphatic rings. The number of nitrogens with one attached hydrogen (secondary N) is 3. The van der Waals surface area contributed by atoms with Crippen molar-refractivity contribution in [2.75, 3.05) is 24.3 Å². The Labute approximate surface area is 228 Å². The summed E-state index contributed by atoms with van der Waals surface area (Å²) in [7, 11) is 5.44. The molecular formula is C30H26N8O2. The van der Waals surface area contributed by atoms with Crippen LogP contribution in [0.2, 0.25) is 0 Å². The number of para-hydroxylation sites is 1. The third-order valence-corrected chi connectivity index (χ3v) is 7.36. The lowest BCUT2D eigenvalue weighted by atomic mass is 10.0. The van der Waals surface area contributed by atoms with Crippen molar-refractivity contribution in [1.82, 2.24) is 29.4 Å². The summed E-state index contributed by atoms with van der Waals surface area (Å²) in [6, 6.07) is 21.7. The minimum absolute atomic E-state index is 0.0706. The van der Waals surface area contributed by atoms with E-state index >= 15 is 0 Å². The van der Waals surface area contributed by atoms with Gasteiger partial charge in [-0.1, -0.05) is 18.2 Å². The average Bonchev–Trinajstić information content (AvgIpc) is 3.66. The quantitative estimate of drug-likeness (QED) is 0.303. The zero-order valence-electron chi connectivity index (χ0n) is 22.1. The van der Waals surface area contributed by atoms with Crippen molar-refractivity contribution in [3.05, 3.63) is 101 Å². The minimum Gasteiger partial charge on any atom is -0.359 e. The van der Waals surface area contributed by atoms with E-state index in [1.54, 1.807) is 25.3 Å². The third-order valence-electron chi connectivity index (χ3n) is 7.36. The fraction of sp³-hybridized carbons (Fsp3) is 0.133. The molecule has 0 bridgehead atoms. The van der Waals surface area contributed by atoms with Crippen LogP contribution in [0.25, 0.3) is 33.3 Å². The normalized spacial score (nSPS) is 14.5. The smallest absolute Gasteiger partial charge is 0.323 e. The second-order valence-corrected chi connectivity index (χ2v) is 10.2. The first-order valence-electron chi connectivity index (χ1n) is 12.9. The molecule has 4 heterocycles. The summed E-state index contributed by atoms with van der Waals surface area (Å²) in [5.74, 6) is -0.0706. The van der Waals surface area contributed by atoms with E-state index in [4.69, 9.17) is 4.98 Å². The Morgan fingerprint density at radius 1 is 0.975 bits per heavy atom. The first-order chi connectivity index (χ1) is 19.4. The highest BCUT2D eigenvalue weighted by atomic mass is 16.2. The predicted octanol–water partition coefficient (Wildman–Crippen LogP) is 4.77. The maximum absolute atomic E-state index is 12.8. The number of H-pyrrole nitrogens is 2. The van der Waals surface area contributed by atoms with Crippen LogP contribution in [0.5, 0.6) is 0 Å². The van der Waals surface area contributed by atoms with E-state index in [1.165, 1.54) is 0 Å². The van der Waals surface area contributed by atoms with E-state index in [2.05, 4.69) is 37.3 Å². The summed E-state index contributed by atoms with van der Waals surface area (Å²) in [5.41, 5.74) is 8.01. The number of hydrogen-bond acceptors (Lipinski definition) is 6. The summed E-state index contributed by atoms with van der Waals surface area (Å²) in [4.78, 5) is 43.5. The van der Waals surface area contributed by atoms with Crippen LogP contribution in [0, 0.1) is 0 Å². The van der Waals surface area contributed by atoms with Gasteiger partial charge in [-0.2, -0.15) is 0 Å². The number of aromatic nitrogens is 5. The lowest BCUT2D eigenvalue weighted by Crippen LogP contribution is -2.24. The molecule has 0 aliphatic carbocycles. The highest BCUT2D eigenvalue weighted by molar-refractivity contribution is 5.98. The summed E-state index contributed by atoms with van der Waals surface area (Å²) in [5, 5.41) is 4.70. The number of imidazole rings is 2. The van der Waals surface area contributed by atoms with Gasteiger partial charge >= 0.3 is 5.69 Å². The number of aryl methyl sites for hydroxylation is 1. The molecule has 0 saturated heterocycles. The molecule has 6 aromatic rings. The third kappa shape index (κ3) is 3.72. The molecule has 0 spiro atoms. The SMILES string of the molecule is CN(C)C(=O)c1ccc2c(c1)NC(c1cc(-c3cncn3C)nc3ccccc13)N2c1ccc2[nH]c(=O)[nH]c2c1. The minimum atomic E-state index is -0.331. The zero-order valence-corrected chi connectivity index (χ0v) is 22.1. The Hall–Kier alpha value is -5.38. The van der Waals surface area contributed by atoms with Crippen LogP contribution in [0.4, 0.5) is 17.1 Å². The molecule has 1 unspecified atom stereocenters. The van der Waals surface area contributed by atoms with Crippen molar-refractivity contribution in [3.63, 3.8) is 0 Å². The van der Waals surface area contributed by atoms with Gasteiger partial charge in [-0.3, -0.25) is 4.79 Å². The summed E-state index contributed by atoms with van der Waals surface area (Å²) in [6.07, 6.45) is 3.24. The number of nitrogens with zero attached hydrogens (tertiary/aromatic N) is 5. The van der Waals surface area contributed by atoms with E-state index in [0.717, 1.165) is 50.4 Å². The maximum Gasteiger partial charge on any atom is 0.323 e. The van der Waals surface area contributed by atoms with Crippen molar-refractivity contribution < 1.29 is 4.79 Å². The summed E-state index contributed by atoms with van der Waals surface area (Å²) >= 11 is 0. The Balaban J connectivity index is 1.46. The van der Waals surface area contributed by atoms with Crippen molar-refractivity contribution in [2.45, 2.75) is 6.17 Å². The number of carbonyl (C=O) groups is 1. The Morgan fingerprint density at radius 2 is 1.80 bits per heavy atom. The van der Waals surface area contributed by atoms with Crippen molar-refractivity contribution in [2.24, 2.45) is 7.05 Å². The molecule has 40 heavy (non-hydrogen) atoms. The maximum atomic E-state index is 12.8. The van der Waals surface area contributed by atoms with E-state index in [9.17, 15) is 9.59 Å². The Morgan fingerprint density at radius 3 is 2.60 bits per heavy atom. The molecule has 3 aromatic carbocycles. The monoisotopic (exact) mass is 530 g/mol. The van der Waals surface area contributed by atoms with E-state index < -0.39 is 0 Å². The fourth-order valence-corrected chi connectivity index (χ4v) is 5.44. The van der Waals surface area contributed by atoms with Crippen LogP contribution in [0.15, 0.2) is 84.0 Å². The Kier molecular flexibility index (Phi) is 5.24. The zero-order chi connectivity index (χ0) is 27.5. The number of fused-ring (bicyclic) bond motifs is 3. The van der Waals surface area contributed by atoms with Gasteiger partial charge in [0.15, 0.2) is 0 Å². The molecule has 0 radical (unpaired) electrons. The molecule has 3 aromatic heterocycles. The van der Waals surface area contributed by atoms with Crippen molar-refractivity contribution in [1.29, 1.82) is 0 Å². The van der Waals surface area contributed by atoms with Gasteiger partial charge < -0.3 is 29.7 Å². The number of pyridine rings is 1. The fourth-order valence-electron chi connectivity index (χ4n) is 5.44. The highest BCUT2D eigenvalue weighted by Gasteiger charge is 2.34. The number of anilines is 3. The topological polar surface area (TPSA) is 115 Å². The highest BCUT2D eigenvalue weighted by Crippen LogP contribution is 2.48. The number of amides is 1. The molecule has 0 saturated carbocycles. The van der Waals surface area contributed by atoms with Crippen molar-refractivity contribution >= 4 is 44.9 Å². The molecule has 1 aliphatic heterocycles. The molecule has 3 N–H and O–H groups in total. The Bertz CT molecular complexity index is 2000. The van der Waals surface area contributed by atoms with E-state index in [0.29, 0.717) is 11.1 Å². The number of hydrogen-bond donors (Lipinski definition) is 3. The molecular weight excluding hydrogens is 504 g/mol. The lowest BCUT2D eigenvalue weighted by Gasteiger charge is -2.28.